The topological polar surface area (TPSA) is 49.4 Å². The number of amides is 3. The largest absolute Gasteiger partial charge is 0.328 e. The number of hydrogen-bond donors (Lipinski definition) is 1. The van der Waals surface area contributed by atoms with Gasteiger partial charge in [0.1, 0.15) is 5.82 Å². The number of nitrogens with zero attached hydrogens (tertiary/aromatic N) is 1. The lowest BCUT2D eigenvalue weighted by Gasteiger charge is -2.31. The summed E-state index contributed by atoms with van der Waals surface area (Å²) in [6.45, 7) is 1.77. The number of nitrogens with one attached hydrogen (secondary N) is 1. The highest BCUT2D eigenvalue weighted by Gasteiger charge is 2.32. The number of anilines is 1. The Morgan fingerprint density at radius 2 is 2.18 bits per heavy atom. The van der Waals surface area contributed by atoms with E-state index >= 15 is 0 Å². The molecule has 2 rings (SSSR count). The van der Waals surface area contributed by atoms with Gasteiger partial charge < -0.3 is 0 Å². The number of hydrogen-bond acceptors (Lipinski definition) is 2. The van der Waals surface area contributed by atoms with Crippen LogP contribution in [-0.4, -0.2) is 18.5 Å². The van der Waals surface area contributed by atoms with Crippen molar-refractivity contribution >= 4 is 29.2 Å². The van der Waals surface area contributed by atoms with Gasteiger partial charge in [-0.1, -0.05) is 24.6 Å². The number of imide groups is 1. The zero-order valence-corrected chi connectivity index (χ0v) is 9.79. The van der Waals surface area contributed by atoms with Crippen LogP contribution in [-0.2, 0) is 4.79 Å². The second-order valence-electron chi connectivity index (χ2n) is 3.88. The summed E-state index contributed by atoms with van der Waals surface area (Å²) in [6.07, 6.45) is 0. The first-order valence-corrected chi connectivity index (χ1v) is 5.45. The van der Waals surface area contributed by atoms with E-state index in [4.69, 9.17) is 11.6 Å². The zero-order valence-electron chi connectivity index (χ0n) is 9.04. The summed E-state index contributed by atoms with van der Waals surface area (Å²) in [7, 11) is 0. The highest BCUT2D eigenvalue weighted by atomic mass is 35.5. The molecular formula is C11H10ClFN2O2. The lowest BCUT2D eigenvalue weighted by molar-refractivity contribution is -0.123. The van der Waals surface area contributed by atoms with Crippen LogP contribution in [0.25, 0.3) is 0 Å². The van der Waals surface area contributed by atoms with E-state index in [0.717, 1.165) is 4.90 Å². The van der Waals surface area contributed by atoms with Gasteiger partial charge in [0, 0.05) is 6.54 Å². The first-order chi connectivity index (χ1) is 8.00. The van der Waals surface area contributed by atoms with Gasteiger partial charge in [0.2, 0.25) is 5.91 Å². The van der Waals surface area contributed by atoms with Gasteiger partial charge in [-0.15, -0.1) is 0 Å². The van der Waals surface area contributed by atoms with Crippen molar-refractivity contribution in [2.75, 3.05) is 11.4 Å². The summed E-state index contributed by atoms with van der Waals surface area (Å²) in [5.41, 5.74) is 0.00557. The van der Waals surface area contributed by atoms with Crippen LogP contribution in [0.2, 0.25) is 5.02 Å². The minimum absolute atomic E-state index is 0.00557. The van der Waals surface area contributed by atoms with Gasteiger partial charge in [-0.05, 0) is 12.1 Å². The summed E-state index contributed by atoms with van der Waals surface area (Å²) in [6, 6.07) is 3.52. The quantitative estimate of drug-likeness (QED) is 0.837. The average Bonchev–Trinajstić information content (AvgIpc) is 2.25. The molecule has 17 heavy (non-hydrogen) atoms. The van der Waals surface area contributed by atoms with Crippen molar-refractivity contribution in [1.29, 1.82) is 0 Å². The van der Waals surface area contributed by atoms with Crippen molar-refractivity contribution in [3.63, 3.8) is 0 Å². The third-order valence-electron chi connectivity index (χ3n) is 2.59. The highest BCUT2D eigenvalue weighted by Crippen LogP contribution is 2.30. The molecule has 1 saturated heterocycles. The maximum Gasteiger partial charge on any atom is 0.328 e. The minimum Gasteiger partial charge on any atom is -0.289 e. The molecule has 1 aromatic carbocycles. The highest BCUT2D eigenvalue weighted by molar-refractivity contribution is 6.34. The number of rotatable bonds is 1. The fraction of sp³-hybridized carbons (Fsp3) is 0.273. The van der Waals surface area contributed by atoms with Crippen molar-refractivity contribution in [2.24, 2.45) is 5.92 Å². The third-order valence-corrected chi connectivity index (χ3v) is 2.89. The van der Waals surface area contributed by atoms with E-state index in [1.54, 1.807) is 6.92 Å². The van der Waals surface area contributed by atoms with Crippen molar-refractivity contribution in [2.45, 2.75) is 6.92 Å². The smallest absolute Gasteiger partial charge is 0.289 e. The van der Waals surface area contributed by atoms with Gasteiger partial charge in [0.25, 0.3) is 0 Å². The normalized spacial score (nSPS) is 20.4. The van der Waals surface area contributed by atoms with Crippen LogP contribution in [0.4, 0.5) is 14.9 Å². The van der Waals surface area contributed by atoms with Crippen LogP contribution in [0.15, 0.2) is 18.2 Å². The summed E-state index contributed by atoms with van der Waals surface area (Å²) < 4.78 is 13.6. The molecule has 6 heteroatoms. The van der Waals surface area contributed by atoms with Crippen molar-refractivity contribution in [1.82, 2.24) is 5.32 Å². The predicted octanol–water partition coefficient (Wildman–Crippen LogP) is 2.17. The molecule has 0 aliphatic carbocycles. The molecule has 0 aromatic heterocycles. The molecule has 0 saturated carbocycles. The van der Waals surface area contributed by atoms with Crippen LogP contribution >= 0.6 is 11.6 Å². The van der Waals surface area contributed by atoms with Gasteiger partial charge in [0.15, 0.2) is 0 Å². The molecule has 0 radical (unpaired) electrons. The van der Waals surface area contributed by atoms with Crippen LogP contribution in [0.5, 0.6) is 0 Å². The lowest BCUT2D eigenvalue weighted by atomic mass is 10.1. The molecule has 90 valence electrons. The maximum atomic E-state index is 13.6. The second-order valence-corrected chi connectivity index (χ2v) is 4.28. The fourth-order valence-electron chi connectivity index (χ4n) is 1.68. The minimum atomic E-state index is -0.653. The standard InChI is InChI=1S/C11H10ClFN2O2/c1-6-5-15(11(17)14-10(6)16)9-7(12)3-2-4-8(9)13/h2-4,6H,5H2,1H3,(H,14,16,17). The Morgan fingerprint density at radius 3 is 2.82 bits per heavy atom. The van der Waals surface area contributed by atoms with Gasteiger partial charge >= 0.3 is 6.03 Å². The Balaban J connectivity index is 2.40. The Morgan fingerprint density at radius 1 is 1.47 bits per heavy atom. The third kappa shape index (κ3) is 2.10. The number of benzene rings is 1. The fourth-order valence-corrected chi connectivity index (χ4v) is 1.94. The number of carbonyl (C=O) groups is 2. The Labute approximate surface area is 102 Å². The van der Waals surface area contributed by atoms with Crippen molar-refractivity contribution in [3.8, 4) is 0 Å². The number of para-hydroxylation sites is 1. The molecule has 1 N–H and O–H groups in total. The molecule has 1 aromatic rings. The Bertz CT molecular complexity index is 472. The average molecular weight is 257 g/mol. The number of urea groups is 1. The van der Waals surface area contributed by atoms with Crippen molar-refractivity contribution in [3.05, 3.63) is 29.0 Å². The maximum absolute atomic E-state index is 13.6. The monoisotopic (exact) mass is 256 g/mol. The molecule has 1 aliphatic rings. The van der Waals surface area contributed by atoms with Crippen molar-refractivity contribution < 1.29 is 14.0 Å². The molecule has 1 atom stereocenters. The SMILES string of the molecule is CC1CN(c2c(F)cccc2Cl)C(=O)NC1=O. The van der Waals surface area contributed by atoms with Gasteiger partial charge in [-0.25, -0.2) is 9.18 Å². The molecule has 1 heterocycles. The second kappa shape index (κ2) is 4.33. The Hall–Kier alpha value is -1.62. The van der Waals surface area contributed by atoms with E-state index in [-0.39, 0.29) is 23.2 Å². The molecule has 3 amide bonds. The molecule has 0 bridgehead atoms. The molecule has 0 spiro atoms. The lowest BCUT2D eigenvalue weighted by Crippen LogP contribution is -2.54. The van der Waals surface area contributed by atoms with E-state index in [0.29, 0.717) is 0 Å². The van der Waals surface area contributed by atoms with E-state index in [9.17, 15) is 14.0 Å². The van der Waals surface area contributed by atoms with Gasteiger partial charge in [0.05, 0.1) is 16.6 Å². The Kier molecular flexibility index (Phi) is 3.02. The molecular weight excluding hydrogens is 247 g/mol. The summed E-state index contributed by atoms with van der Waals surface area (Å²) >= 11 is 5.87. The summed E-state index contributed by atoms with van der Waals surface area (Å²) in [5.74, 6) is -1.35. The van der Waals surface area contributed by atoms with Crippen LogP contribution in [0.3, 0.4) is 0 Å². The number of halogens is 2. The zero-order chi connectivity index (χ0) is 12.6. The van der Waals surface area contributed by atoms with E-state index in [1.807, 2.05) is 0 Å². The van der Waals surface area contributed by atoms with Crippen LogP contribution in [0, 0.1) is 11.7 Å². The number of carbonyl (C=O) groups excluding carboxylic acids is 2. The van der Waals surface area contributed by atoms with E-state index < -0.39 is 17.8 Å². The first-order valence-electron chi connectivity index (χ1n) is 5.07. The van der Waals surface area contributed by atoms with E-state index in [2.05, 4.69) is 5.32 Å². The summed E-state index contributed by atoms with van der Waals surface area (Å²) in [4.78, 5) is 24.0. The van der Waals surface area contributed by atoms with Crippen LogP contribution < -0.4 is 10.2 Å². The molecule has 1 fully saturated rings. The van der Waals surface area contributed by atoms with Gasteiger partial charge in [-0.2, -0.15) is 0 Å². The molecule has 1 unspecified atom stereocenters. The molecule has 1 aliphatic heterocycles. The van der Waals surface area contributed by atoms with Gasteiger partial charge in [-0.3, -0.25) is 15.0 Å². The summed E-state index contributed by atoms with van der Waals surface area (Å²) in [5, 5.41) is 2.30. The molecule has 4 nitrogen and oxygen atoms in total. The first kappa shape index (κ1) is 11.9. The van der Waals surface area contributed by atoms with E-state index in [1.165, 1.54) is 18.2 Å². The predicted molar refractivity (Wildman–Crippen MR) is 61.5 cm³/mol. The van der Waals surface area contributed by atoms with Crippen LogP contribution in [0.1, 0.15) is 6.92 Å².